The van der Waals surface area contributed by atoms with Gasteiger partial charge in [0, 0.05) is 12.2 Å². The van der Waals surface area contributed by atoms with Crippen LogP contribution in [0.4, 0.5) is 5.69 Å². The lowest BCUT2D eigenvalue weighted by atomic mass is 9.94. The van der Waals surface area contributed by atoms with E-state index in [4.69, 9.17) is 5.73 Å². The number of hydrogen-bond donors (Lipinski definition) is 2. The third kappa shape index (κ3) is 4.55. The van der Waals surface area contributed by atoms with Gasteiger partial charge in [0.05, 0.1) is 5.92 Å². The Morgan fingerprint density at radius 3 is 2.59 bits per heavy atom. The predicted octanol–water partition coefficient (Wildman–Crippen LogP) is 3.18. The highest BCUT2D eigenvalue weighted by molar-refractivity contribution is 5.96. The number of amides is 2. The molecule has 1 saturated heterocycles. The first kappa shape index (κ1) is 19.1. The monoisotopic (exact) mass is 365 g/mol. The highest BCUT2D eigenvalue weighted by atomic mass is 16.2. The molecule has 1 aliphatic heterocycles. The fourth-order valence-electron chi connectivity index (χ4n) is 3.71. The Kier molecular flexibility index (Phi) is 5.91. The Morgan fingerprint density at radius 1 is 1.15 bits per heavy atom. The minimum absolute atomic E-state index is 0.0833. The molecule has 5 heteroatoms. The third-order valence-corrected chi connectivity index (χ3v) is 5.23. The normalized spacial score (nSPS) is 18.7. The summed E-state index contributed by atoms with van der Waals surface area (Å²) in [5, 5.41) is 3.09. The zero-order valence-electron chi connectivity index (χ0n) is 15.9. The second-order valence-electron chi connectivity index (χ2n) is 7.36. The number of rotatable bonds is 5. The van der Waals surface area contributed by atoms with Gasteiger partial charge in [-0.15, -0.1) is 0 Å². The zero-order valence-corrected chi connectivity index (χ0v) is 15.9. The molecule has 1 fully saturated rings. The molecule has 2 aromatic carbocycles. The van der Waals surface area contributed by atoms with Gasteiger partial charge in [-0.2, -0.15) is 0 Å². The van der Waals surface area contributed by atoms with Crippen LogP contribution in [-0.4, -0.2) is 29.8 Å². The van der Waals surface area contributed by atoms with Crippen molar-refractivity contribution in [1.29, 1.82) is 0 Å². The van der Waals surface area contributed by atoms with Crippen LogP contribution in [0.2, 0.25) is 0 Å². The van der Waals surface area contributed by atoms with E-state index in [2.05, 4.69) is 10.2 Å². The summed E-state index contributed by atoms with van der Waals surface area (Å²) in [4.78, 5) is 27.1. The molecule has 2 aromatic rings. The summed E-state index contributed by atoms with van der Waals surface area (Å²) in [5.41, 5.74) is 9.40. The van der Waals surface area contributed by atoms with Crippen molar-refractivity contribution in [3.8, 4) is 0 Å². The van der Waals surface area contributed by atoms with Gasteiger partial charge in [0.1, 0.15) is 6.04 Å². The molecule has 27 heavy (non-hydrogen) atoms. The number of aryl methyl sites for hydroxylation is 2. The average molecular weight is 365 g/mol. The summed E-state index contributed by atoms with van der Waals surface area (Å²) in [6, 6.07) is 15.3. The van der Waals surface area contributed by atoms with Crippen molar-refractivity contribution >= 4 is 17.5 Å². The standard InChI is InChI=1S/C22H27N3O2/c1-15-10-11-16(2)19(13-15)24-22(27)20(17-7-4-3-5-8-17)25-12-6-9-18(14-25)21(23)26/h3-5,7-8,10-11,13,18,20H,6,9,12,14H2,1-2H3,(H2,23,26)(H,24,27)/t18-,20-/m1/s1. The number of likely N-dealkylation sites (tertiary alicyclic amines) is 1. The molecule has 0 aliphatic carbocycles. The molecule has 2 atom stereocenters. The van der Waals surface area contributed by atoms with Gasteiger partial charge in [-0.1, -0.05) is 42.5 Å². The molecular weight excluding hydrogens is 338 g/mol. The fourth-order valence-corrected chi connectivity index (χ4v) is 3.71. The first-order valence-electron chi connectivity index (χ1n) is 9.42. The lowest BCUT2D eigenvalue weighted by molar-refractivity contribution is -0.127. The number of benzene rings is 2. The fraction of sp³-hybridized carbons (Fsp3) is 0.364. The molecule has 0 aromatic heterocycles. The van der Waals surface area contributed by atoms with Gasteiger partial charge in [0.25, 0.3) is 0 Å². The second kappa shape index (κ2) is 8.35. The lowest BCUT2D eigenvalue weighted by Gasteiger charge is -2.36. The largest absolute Gasteiger partial charge is 0.369 e. The first-order chi connectivity index (χ1) is 13.0. The van der Waals surface area contributed by atoms with E-state index in [0.29, 0.717) is 6.54 Å². The highest BCUT2D eigenvalue weighted by Crippen LogP contribution is 2.29. The van der Waals surface area contributed by atoms with E-state index < -0.39 is 6.04 Å². The van der Waals surface area contributed by atoms with Crippen LogP contribution in [0.25, 0.3) is 0 Å². The van der Waals surface area contributed by atoms with Gasteiger partial charge in [0.2, 0.25) is 11.8 Å². The van der Waals surface area contributed by atoms with E-state index in [-0.39, 0.29) is 17.7 Å². The van der Waals surface area contributed by atoms with E-state index in [9.17, 15) is 9.59 Å². The van der Waals surface area contributed by atoms with Gasteiger partial charge in [0.15, 0.2) is 0 Å². The van der Waals surface area contributed by atoms with Crippen LogP contribution in [0.15, 0.2) is 48.5 Å². The SMILES string of the molecule is Cc1ccc(C)c(NC(=O)[C@@H](c2ccccc2)N2CCC[C@@H](C(N)=O)C2)c1. The first-order valence-corrected chi connectivity index (χ1v) is 9.42. The van der Waals surface area contributed by atoms with Crippen molar-refractivity contribution in [3.05, 3.63) is 65.2 Å². The van der Waals surface area contributed by atoms with Crippen molar-refractivity contribution < 1.29 is 9.59 Å². The highest BCUT2D eigenvalue weighted by Gasteiger charge is 2.33. The molecule has 142 valence electrons. The maximum Gasteiger partial charge on any atom is 0.246 e. The number of nitrogens with two attached hydrogens (primary N) is 1. The Morgan fingerprint density at radius 2 is 1.89 bits per heavy atom. The number of carbonyl (C=O) groups is 2. The van der Waals surface area contributed by atoms with Gasteiger partial charge in [-0.25, -0.2) is 0 Å². The third-order valence-electron chi connectivity index (χ3n) is 5.23. The minimum Gasteiger partial charge on any atom is -0.369 e. The van der Waals surface area contributed by atoms with Crippen LogP contribution in [0.3, 0.4) is 0 Å². The number of carbonyl (C=O) groups excluding carboxylic acids is 2. The molecule has 0 bridgehead atoms. The van der Waals surface area contributed by atoms with Gasteiger partial charge in [-0.05, 0) is 56.0 Å². The topological polar surface area (TPSA) is 75.4 Å². The van der Waals surface area contributed by atoms with Crippen molar-refractivity contribution in [1.82, 2.24) is 4.90 Å². The Hall–Kier alpha value is -2.66. The molecule has 1 heterocycles. The molecule has 0 radical (unpaired) electrons. The summed E-state index contributed by atoms with van der Waals surface area (Å²) >= 11 is 0. The van der Waals surface area contributed by atoms with Gasteiger partial charge >= 0.3 is 0 Å². The molecule has 5 nitrogen and oxygen atoms in total. The molecule has 0 unspecified atom stereocenters. The average Bonchev–Trinajstić information content (AvgIpc) is 2.66. The van der Waals surface area contributed by atoms with E-state index in [1.807, 2.05) is 62.4 Å². The summed E-state index contributed by atoms with van der Waals surface area (Å²) < 4.78 is 0. The quantitative estimate of drug-likeness (QED) is 0.854. The summed E-state index contributed by atoms with van der Waals surface area (Å²) in [6.07, 6.45) is 1.64. The predicted molar refractivity (Wildman–Crippen MR) is 107 cm³/mol. The van der Waals surface area contributed by atoms with Crippen LogP contribution >= 0.6 is 0 Å². The van der Waals surface area contributed by atoms with Crippen LogP contribution < -0.4 is 11.1 Å². The van der Waals surface area contributed by atoms with Crippen LogP contribution in [0.1, 0.15) is 35.6 Å². The molecule has 1 aliphatic rings. The van der Waals surface area contributed by atoms with E-state index in [1.165, 1.54) is 0 Å². The number of anilines is 1. The number of piperidine rings is 1. The summed E-state index contributed by atoms with van der Waals surface area (Å²) in [5.74, 6) is -0.583. The summed E-state index contributed by atoms with van der Waals surface area (Å²) in [7, 11) is 0. The second-order valence-corrected chi connectivity index (χ2v) is 7.36. The Labute approximate surface area is 160 Å². The number of nitrogens with one attached hydrogen (secondary N) is 1. The molecule has 3 N–H and O–H groups in total. The van der Waals surface area contributed by atoms with Crippen LogP contribution in [-0.2, 0) is 9.59 Å². The minimum atomic E-state index is -0.451. The van der Waals surface area contributed by atoms with E-state index >= 15 is 0 Å². The van der Waals surface area contributed by atoms with Crippen molar-refractivity contribution in [2.24, 2.45) is 11.7 Å². The number of primary amides is 1. The maximum absolute atomic E-state index is 13.3. The Bertz CT molecular complexity index is 820. The van der Waals surface area contributed by atoms with Crippen molar-refractivity contribution in [2.45, 2.75) is 32.7 Å². The van der Waals surface area contributed by atoms with E-state index in [1.54, 1.807) is 0 Å². The smallest absolute Gasteiger partial charge is 0.246 e. The Balaban J connectivity index is 1.89. The number of nitrogens with zero attached hydrogens (tertiary/aromatic N) is 1. The molecular formula is C22H27N3O2. The number of hydrogen-bond acceptors (Lipinski definition) is 3. The van der Waals surface area contributed by atoms with Gasteiger partial charge in [-0.3, -0.25) is 14.5 Å². The molecule has 2 amide bonds. The van der Waals surface area contributed by atoms with Crippen molar-refractivity contribution in [3.63, 3.8) is 0 Å². The molecule has 3 rings (SSSR count). The van der Waals surface area contributed by atoms with E-state index in [0.717, 1.165) is 41.8 Å². The molecule has 0 spiro atoms. The van der Waals surface area contributed by atoms with Crippen molar-refractivity contribution in [2.75, 3.05) is 18.4 Å². The maximum atomic E-state index is 13.3. The summed E-state index contributed by atoms with van der Waals surface area (Å²) in [6.45, 7) is 5.27. The van der Waals surface area contributed by atoms with Crippen LogP contribution in [0.5, 0.6) is 0 Å². The zero-order chi connectivity index (χ0) is 19.4. The van der Waals surface area contributed by atoms with Crippen LogP contribution in [0, 0.1) is 19.8 Å². The molecule has 0 saturated carbocycles. The van der Waals surface area contributed by atoms with Gasteiger partial charge < -0.3 is 11.1 Å². The lowest BCUT2D eigenvalue weighted by Crippen LogP contribution is -2.46.